The summed E-state index contributed by atoms with van der Waals surface area (Å²) in [7, 11) is 0. The van der Waals surface area contributed by atoms with Crippen molar-refractivity contribution in [3.8, 4) is 34.3 Å². The predicted molar refractivity (Wildman–Crippen MR) is 124 cm³/mol. The van der Waals surface area contributed by atoms with Crippen LogP contribution in [0.2, 0.25) is 0 Å². The molecular formula is C26H21N3O3. The highest BCUT2D eigenvalue weighted by atomic mass is 16.5. The molecule has 0 fully saturated rings. The van der Waals surface area contributed by atoms with E-state index >= 15 is 0 Å². The number of rotatable bonds is 5. The third-order valence-corrected chi connectivity index (χ3v) is 5.32. The molecule has 5 rings (SSSR count). The average Bonchev–Trinajstić information content (AvgIpc) is 3.31. The third-order valence-electron chi connectivity index (χ3n) is 5.32. The summed E-state index contributed by atoms with van der Waals surface area (Å²) < 4.78 is 12.8. The van der Waals surface area contributed by atoms with Gasteiger partial charge in [-0.3, -0.25) is 9.36 Å². The van der Waals surface area contributed by atoms with E-state index in [2.05, 4.69) is 10.1 Å². The maximum Gasteiger partial charge on any atom is 0.262 e. The maximum absolute atomic E-state index is 13.2. The first-order chi connectivity index (χ1) is 15.6. The largest absolute Gasteiger partial charge is 0.494 e. The molecule has 0 saturated carbocycles. The van der Waals surface area contributed by atoms with Crippen LogP contribution in [-0.2, 0) is 0 Å². The summed E-state index contributed by atoms with van der Waals surface area (Å²) >= 11 is 0. The zero-order valence-corrected chi connectivity index (χ0v) is 17.8. The van der Waals surface area contributed by atoms with E-state index in [1.165, 1.54) is 0 Å². The molecule has 0 unspecified atom stereocenters. The highest BCUT2D eigenvalue weighted by molar-refractivity contribution is 5.94. The van der Waals surface area contributed by atoms with E-state index in [1.807, 2.05) is 86.6 Å². The Balaban J connectivity index is 1.63. The molecule has 0 amide bonds. The van der Waals surface area contributed by atoms with Gasteiger partial charge in [-0.1, -0.05) is 41.1 Å². The van der Waals surface area contributed by atoms with Gasteiger partial charge in [-0.15, -0.1) is 0 Å². The fraction of sp³-hybridized carbons (Fsp3) is 0.115. The number of hydrogen-bond donors (Lipinski definition) is 0. The normalized spacial score (nSPS) is 11.1. The Kier molecular flexibility index (Phi) is 5.03. The molecule has 6 nitrogen and oxygen atoms in total. The van der Waals surface area contributed by atoms with Crippen LogP contribution < -0.4 is 10.3 Å². The van der Waals surface area contributed by atoms with Crippen LogP contribution in [0.1, 0.15) is 12.5 Å². The lowest BCUT2D eigenvalue weighted by Gasteiger charge is -2.10. The molecule has 0 aliphatic rings. The highest BCUT2D eigenvalue weighted by Gasteiger charge is 2.17. The van der Waals surface area contributed by atoms with Gasteiger partial charge in [0, 0.05) is 28.2 Å². The van der Waals surface area contributed by atoms with Crippen LogP contribution in [0.4, 0.5) is 0 Å². The van der Waals surface area contributed by atoms with E-state index in [4.69, 9.17) is 9.26 Å². The lowest BCUT2D eigenvalue weighted by Crippen LogP contribution is -2.18. The van der Waals surface area contributed by atoms with Crippen molar-refractivity contribution >= 4 is 10.8 Å². The van der Waals surface area contributed by atoms with Gasteiger partial charge in [0.05, 0.1) is 12.2 Å². The molecule has 6 heteroatoms. The Hall–Kier alpha value is -4.19. The summed E-state index contributed by atoms with van der Waals surface area (Å²) in [6.45, 7) is 4.56. The number of fused-ring (bicyclic) bond motifs is 1. The van der Waals surface area contributed by atoms with Crippen molar-refractivity contribution in [1.29, 1.82) is 0 Å². The van der Waals surface area contributed by atoms with Crippen LogP contribution in [-0.4, -0.2) is 21.3 Å². The lowest BCUT2D eigenvalue weighted by atomic mass is 10.1. The molecule has 0 N–H and O–H groups in total. The van der Waals surface area contributed by atoms with Crippen LogP contribution in [0.3, 0.4) is 0 Å². The van der Waals surface area contributed by atoms with Gasteiger partial charge in [0.25, 0.3) is 11.4 Å². The van der Waals surface area contributed by atoms with Gasteiger partial charge in [-0.25, -0.2) is 0 Å². The molecule has 0 aliphatic carbocycles. The number of ether oxygens (including phenoxy) is 1. The number of pyridine rings is 1. The Morgan fingerprint density at radius 3 is 2.38 bits per heavy atom. The molecule has 0 bridgehead atoms. The molecule has 0 radical (unpaired) electrons. The summed E-state index contributed by atoms with van der Waals surface area (Å²) in [6, 6.07) is 22.8. The van der Waals surface area contributed by atoms with Crippen LogP contribution >= 0.6 is 0 Å². The second-order valence-corrected chi connectivity index (χ2v) is 7.48. The number of aromatic nitrogens is 3. The molecular weight excluding hydrogens is 402 g/mol. The topological polar surface area (TPSA) is 70.2 Å². The Bertz CT molecular complexity index is 1450. The fourth-order valence-corrected chi connectivity index (χ4v) is 3.68. The maximum atomic E-state index is 13.2. The van der Waals surface area contributed by atoms with Gasteiger partial charge in [0.1, 0.15) is 5.75 Å². The predicted octanol–water partition coefficient (Wildman–Crippen LogP) is 5.41. The SMILES string of the molecule is CCOc1ccc(-c2noc(-c3cn(-c4ccc(C)cc4)c(=O)c4ccccc34)n2)cc1. The van der Waals surface area contributed by atoms with E-state index < -0.39 is 0 Å². The number of nitrogens with zero attached hydrogens (tertiary/aromatic N) is 3. The van der Waals surface area contributed by atoms with E-state index in [0.29, 0.717) is 29.3 Å². The van der Waals surface area contributed by atoms with Crippen molar-refractivity contribution in [3.05, 3.63) is 94.9 Å². The summed E-state index contributed by atoms with van der Waals surface area (Å²) in [4.78, 5) is 17.8. The Morgan fingerprint density at radius 1 is 0.938 bits per heavy atom. The minimum Gasteiger partial charge on any atom is -0.494 e. The quantitative estimate of drug-likeness (QED) is 0.378. The van der Waals surface area contributed by atoms with Gasteiger partial charge >= 0.3 is 0 Å². The third kappa shape index (κ3) is 3.56. The van der Waals surface area contributed by atoms with Gasteiger partial charge < -0.3 is 9.26 Å². The summed E-state index contributed by atoms with van der Waals surface area (Å²) in [5, 5.41) is 5.52. The van der Waals surface area contributed by atoms with Crippen molar-refractivity contribution < 1.29 is 9.26 Å². The van der Waals surface area contributed by atoms with Crippen molar-refractivity contribution in [2.24, 2.45) is 0 Å². The van der Waals surface area contributed by atoms with Crippen LogP contribution in [0, 0.1) is 6.92 Å². The lowest BCUT2D eigenvalue weighted by molar-refractivity contribution is 0.340. The van der Waals surface area contributed by atoms with Crippen molar-refractivity contribution in [1.82, 2.24) is 14.7 Å². The molecule has 32 heavy (non-hydrogen) atoms. The van der Waals surface area contributed by atoms with E-state index in [-0.39, 0.29) is 5.56 Å². The standard InChI is InChI=1S/C26H21N3O3/c1-3-31-20-14-10-18(11-15-20)24-27-25(32-28-24)23-16-29(19-12-8-17(2)9-13-19)26(30)22-7-5-4-6-21(22)23/h4-16H,3H2,1-2H3. The van der Waals surface area contributed by atoms with Crippen molar-refractivity contribution in [2.75, 3.05) is 6.61 Å². The average molecular weight is 423 g/mol. The van der Waals surface area contributed by atoms with E-state index in [9.17, 15) is 4.79 Å². The van der Waals surface area contributed by atoms with E-state index in [0.717, 1.165) is 28.0 Å². The summed E-state index contributed by atoms with van der Waals surface area (Å²) in [5.74, 6) is 1.61. The van der Waals surface area contributed by atoms with Crippen LogP contribution in [0.25, 0.3) is 39.3 Å². The molecule has 158 valence electrons. The summed E-state index contributed by atoms with van der Waals surface area (Å²) in [5.41, 5.74) is 3.32. The Labute approximate surface area is 184 Å². The fourth-order valence-electron chi connectivity index (χ4n) is 3.68. The first-order valence-electron chi connectivity index (χ1n) is 10.4. The second kappa shape index (κ2) is 8.15. The minimum atomic E-state index is -0.0977. The highest BCUT2D eigenvalue weighted by Crippen LogP contribution is 2.29. The van der Waals surface area contributed by atoms with Gasteiger partial charge in [-0.05, 0) is 56.3 Å². The number of benzene rings is 3. The molecule has 2 heterocycles. The first kappa shape index (κ1) is 19.8. The minimum absolute atomic E-state index is 0.0977. The zero-order chi connectivity index (χ0) is 22.1. The second-order valence-electron chi connectivity index (χ2n) is 7.48. The molecule has 5 aromatic rings. The monoisotopic (exact) mass is 423 g/mol. The molecule has 0 saturated heterocycles. The molecule has 0 atom stereocenters. The van der Waals surface area contributed by atoms with Crippen molar-refractivity contribution in [3.63, 3.8) is 0 Å². The van der Waals surface area contributed by atoms with Crippen LogP contribution in [0.5, 0.6) is 5.75 Å². The smallest absolute Gasteiger partial charge is 0.262 e. The van der Waals surface area contributed by atoms with Crippen molar-refractivity contribution in [2.45, 2.75) is 13.8 Å². The first-order valence-corrected chi connectivity index (χ1v) is 10.4. The summed E-state index contributed by atoms with van der Waals surface area (Å²) in [6.07, 6.45) is 1.77. The number of aryl methyl sites for hydroxylation is 1. The van der Waals surface area contributed by atoms with E-state index in [1.54, 1.807) is 10.8 Å². The number of hydrogen-bond acceptors (Lipinski definition) is 5. The van der Waals surface area contributed by atoms with Gasteiger partial charge in [-0.2, -0.15) is 4.98 Å². The molecule has 3 aromatic carbocycles. The molecule has 2 aromatic heterocycles. The molecule has 0 aliphatic heterocycles. The molecule has 0 spiro atoms. The Morgan fingerprint density at radius 2 is 1.66 bits per heavy atom. The van der Waals surface area contributed by atoms with Gasteiger partial charge in [0.2, 0.25) is 5.82 Å². The van der Waals surface area contributed by atoms with Gasteiger partial charge in [0.15, 0.2) is 0 Å². The zero-order valence-electron chi connectivity index (χ0n) is 17.8. The van der Waals surface area contributed by atoms with Crippen LogP contribution in [0.15, 0.2) is 88.3 Å².